The van der Waals surface area contributed by atoms with Crippen molar-refractivity contribution < 1.29 is 0 Å². The zero-order chi connectivity index (χ0) is 12.3. The molecule has 0 bridgehead atoms. The van der Waals surface area contributed by atoms with Crippen LogP contribution in [0.15, 0.2) is 0 Å². The predicted octanol–water partition coefficient (Wildman–Crippen LogP) is 0.658. The van der Waals surface area contributed by atoms with Crippen molar-refractivity contribution in [2.75, 3.05) is 40.3 Å². The van der Waals surface area contributed by atoms with Gasteiger partial charge >= 0.3 is 0 Å². The van der Waals surface area contributed by atoms with Crippen LogP contribution in [0.4, 0.5) is 0 Å². The number of hydrogen-bond donors (Lipinski definition) is 1. The molecular weight excluding hydrogens is 212 g/mol. The van der Waals surface area contributed by atoms with Crippen molar-refractivity contribution in [1.82, 2.24) is 15.1 Å². The minimum Gasteiger partial charge on any atom is -0.308 e. The molecule has 2 aliphatic rings. The van der Waals surface area contributed by atoms with E-state index in [1.165, 1.54) is 25.8 Å². The van der Waals surface area contributed by atoms with Crippen LogP contribution in [0.1, 0.15) is 25.7 Å². The van der Waals surface area contributed by atoms with Gasteiger partial charge in [0.05, 0.1) is 6.07 Å². The van der Waals surface area contributed by atoms with E-state index in [-0.39, 0.29) is 5.54 Å². The van der Waals surface area contributed by atoms with Crippen LogP contribution < -0.4 is 5.32 Å². The molecule has 17 heavy (non-hydrogen) atoms. The van der Waals surface area contributed by atoms with Crippen molar-refractivity contribution in [2.24, 2.45) is 0 Å². The van der Waals surface area contributed by atoms with E-state index in [1.807, 2.05) is 0 Å². The van der Waals surface area contributed by atoms with Gasteiger partial charge in [-0.05, 0) is 39.9 Å². The fourth-order valence-electron chi connectivity index (χ4n) is 3.18. The van der Waals surface area contributed by atoms with Gasteiger partial charge in [0.2, 0.25) is 0 Å². The summed E-state index contributed by atoms with van der Waals surface area (Å²) in [5.41, 5.74) is -0.281. The molecule has 2 rings (SSSR count). The van der Waals surface area contributed by atoms with E-state index in [1.54, 1.807) is 0 Å². The van der Waals surface area contributed by atoms with Crippen LogP contribution in [-0.4, -0.2) is 61.7 Å². The van der Waals surface area contributed by atoms with Crippen LogP contribution in [0, 0.1) is 11.3 Å². The average Bonchev–Trinajstić information content (AvgIpc) is 2.69. The van der Waals surface area contributed by atoms with Gasteiger partial charge in [-0.1, -0.05) is 6.42 Å². The van der Waals surface area contributed by atoms with E-state index in [9.17, 15) is 5.26 Å². The minimum atomic E-state index is -0.281. The Morgan fingerprint density at radius 2 is 2.24 bits per heavy atom. The first kappa shape index (κ1) is 12.8. The van der Waals surface area contributed by atoms with Gasteiger partial charge in [-0.25, -0.2) is 0 Å². The molecule has 0 spiro atoms. The van der Waals surface area contributed by atoms with E-state index in [4.69, 9.17) is 0 Å². The van der Waals surface area contributed by atoms with Gasteiger partial charge in [0.25, 0.3) is 0 Å². The SMILES string of the molecule is CN(C)CCNC1(C#N)CCN2CCCCC21. The Bertz CT molecular complexity index is 296. The molecule has 0 aromatic heterocycles. The molecular formula is C13H24N4. The van der Waals surface area contributed by atoms with Gasteiger partial charge in [0.1, 0.15) is 5.54 Å². The van der Waals surface area contributed by atoms with Crippen molar-refractivity contribution in [3.05, 3.63) is 0 Å². The second-order valence-electron chi connectivity index (χ2n) is 5.61. The molecule has 0 aliphatic carbocycles. The molecule has 0 aromatic carbocycles. The molecule has 2 fully saturated rings. The molecule has 1 N–H and O–H groups in total. The number of likely N-dealkylation sites (N-methyl/N-ethyl adjacent to an activating group) is 1. The van der Waals surface area contributed by atoms with Gasteiger partial charge in [-0.15, -0.1) is 0 Å². The minimum absolute atomic E-state index is 0.281. The quantitative estimate of drug-likeness (QED) is 0.778. The molecule has 2 saturated heterocycles. The summed E-state index contributed by atoms with van der Waals surface area (Å²) in [6, 6.07) is 3.03. The summed E-state index contributed by atoms with van der Waals surface area (Å²) in [5.74, 6) is 0. The zero-order valence-electron chi connectivity index (χ0n) is 11.1. The summed E-state index contributed by atoms with van der Waals surface area (Å²) in [5, 5.41) is 13.1. The molecule has 2 unspecified atom stereocenters. The molecule has 0 amide bonds. The molecule has 0 saturated carbocycles. The summed E-state index contributed by atoms with van der Waals surface area (Å²) >= 11 is 0. The number of fused-ring (bicyclic) bond motifs is 1. The molecule has 0 aromatic rings. The van der Waals surface area contributed by atoms with Gasteiger partial charge in [0, 0.05) is 25.7 Å². The highest BCUT2D eigenvalue weighted by Crippen LogP contribution is 2.34. The van der Waals surface area contributed by atoms with Gasteiger partial charge in [0.15, 0.2) is 0 Å². The Labute approximate surface area is 105 Å². The Hall–Kier alpha value is -0.630. The van der Waals surface area contributed by atoms with Crippen molar-refractivity contribution >= 4 is 0 Å². The topological polar surface area (TPSA) is 42.3 Å². The molecule has 2 heterocycles. The lowest BCUT2D eigenvalue weighted by molar-refractivity contribution is 0.159. The van der Waals surface area contributed by atoms with Crippen molar-refractivity contribution in [3.8, 4) is 6.07 Å². The first-order chi connectivity index (χ1) is 8.18. The maximum atomic E-state index is 9.57. The highest BCUT2D eigenvalue weighted by molar-refractivity contribution is 5.19. The third kappa shape index (κ3) is 2.62. The van der Waals surface area contributed by atoms with Gasteiger partial charge in [-0.3, -0.25) is 10.2 Å². The second kappa shape index (κ2) is 5.34. The van der Waals surface area contributed by atoms with Crippen LogP contribution in [-0.2, 0) is 0 Å². The zero-order valence-corrected chi connectivity index (χ0v) is 11.1. The summed E-state index contributed by atoms with van der Waals surface area (Å²) in [7, 11) is 4.14. The van der Waals surface area contributed by atoms with Crippen LogP contribution in [0.3, 0.4) is 0 Å². The van der Waals surface area contributed by atoms with E-state index >= 15 is 0 Å². The van der Waals surface area contributed by atoms with E-state index in [2.05, 4.69) is 35.3 Å². The maximum Gasteiger partial charge on any atom is 0.123 e. The number of rotatable bonds is 4. The maximum absolute atomic E-state index is 9.57. The first-order valence-electron chi connectivity index (χ1n) is 6.73. The molecule has 96 valence electrons. The standard InChI is InChI=1S/C13H24N4/c1-16(2)10-7-15-13(11-14)6-9-17-8-4-3-5-12(13)17/h12,15H,3-10H2,1-2H3. The normalized spacial score (nSPS) is 33.6. The molecule has 4 heteroatoms. The number of hydrogen-bond acceptors (Lipinski definition) is 4. The highest BCUT2D eigenvalue weighted by atomic mass is 15.3. The van der Waals surface area contributed by atoms with Gasteiger partial charge < -0.3 is 4.90 Å². The first-order valence-corrected chi connectivity index (χ1v) is 6.73. The van der Waals surface area contributed by atoms with Crippen LogP contribution in [0.5, 0.6) is 0 Å². The highest BCUT2D eigenvalue weighted by Gasteiger charge is 2.47. The Morgan fingerprint density at radius 3 is 2.94 bits per heavy atom. The third-order valence-electron chi connectivity index (χ3n) is 4.17. The number of nitrogens with one attached hydrogen (secondary N) is 1. The van der Waals surface area contributed by atoms with E-state index < -0.39 is 0 Å². The molecule has 0 radical (unpaired) electrons. The van der Waals surface area contributed by atoms with E-state index in [0.29, 0.717) is 6.04 Å². The lowest BCUT2D eigenvalue weighted by Crippen LogP contribution is -2.56. The smallest absolute Gasteiger partial charge is 0.123 e. The average molecular weight is 236 g/mol. The summed E-state index contributed by atoms with van der Waals surface area (Å²) in [6.07, 6.45) is 4.75. The molecule has 2 aliphatic heterocycles. The summed E-state index contributed by atoms with van der Waals surface area (Å²) < 4.78 is 0. The Kier molecular flexibility index (Phi) is 4.03. The largest absolute Gasteiger partial charge is 0.308 e. The fraction of sp³-hybridized carbons (Fsp3) is 0.923. The second-order valence-corrected chi connectivity index (χ2v) is 5.61. The lowest BCUT2D eigenvalue weighted by atomic mass is 9.86. The monoisotopic (exact) mass is 236 g/mol. The number of nitriles is 1. The predicted molar refractivity (Wildman–Crippen MR) is 68.7 cm³/mol. The Morgan fingerprint density at radius 1 is 1.41 bits per heavy atom. The Balaban J connectivity index is 1.97. The fourth-order valence-corrected chi connectivity index (χ4v) is 3.18. The summed E-state index contributed by atoms with van der Waals surface area (Å²) in [6.45, 7) is 4.18. The van der Waals surface area contributed by atoms with Crippen molar-refractivity contribution in [1.29, 1.82) is 5.26 Å². The van der Waals surface area contributed by atoms with E-state index in [0.717, 1.165) is 26.1 Å². The lowest BCUT2D eigenvalue weighted by Gasteiger charge is -2.37. The summed E-state index contributed by atoms with van der Waals surface area (Å²) in [4.78, 5) is 4.67. The van der Waals surface area contributed by atoms with Crippen molar-refractivity contribution in [3.63, 3.8) is 0 Å². The third-order valence-corrected chi connectivity index (χ3v) is 4.17. The van der Waals surface area contributed by atoms with Crippen LogP contribution in [0.2, 0.25) is 0 Å². The van der Waals surface area contributed by atoms with Crippen molar-refractivity contribution in [2.45, 2.75) is 37.3 Å². The van der Waals surface area contributed by atoms with Crippen LogP contribution >= 0.6 is 0 Å². The van der Waals surface area contributed by atoms with Crippen LogP contribution in [0.25, 0.3) is 0 Å². The number of nitrogens with zero attached hydrogens (tertiary/aromatic N) is 3. The molecule has 2 atom stereocenters. The van der Waals surface area contributed by atoms with Gasteiger partial charge in [-0.2, -0.15) is 5.26 Å². The molecule has 4 nitrogen and oxygen atoms in total. The number of piperidine rings is 1.